The number of aromatic nitrogens is 3. The normalized spacial score (nSPS) is 15.1. The second kappa shape index (κ2) is 6.83. The highest BCUT2D eigenvalue weighted by atomic mass is 16.5. The van der Waals surface area contributed by atoms with Crippen LogP contribution in [0.1, 0.15) is 39.4 Å². The van der Waals surface area contributed by atoms with Crippen LogP contribution < -0.4 is 0 Å². The molecular formula is C14H24N4O2. The third-order valence-corrected chi connectivity index (χ3v) is 3.28. The van der Waals surface area contributed by atoms with Crippen molar-refractivity contribution in [2.45, 2.75) is 52.7 Å². The van der Waals surface area contributed by atoms with Crippen molar-refractivity contribution in [1.29, 1.82) is 0 Å². The molecule has 6 nitrogen and oxygen atoms in total. The summed E-state index contributed by atoms with van der Waals surface area (Å²) in [5.74, 6) is 1.29. The second-order valence-corrected chi connectivity index (χ2v) is 5.69. The van der Waals surface area contributed by atoms with E-state index in [1.54, 1.807) is 6.33 Å². The van der Waals surface area contributed by atoms with Gasteiger partial charge in [0.05, 0.1) is 19.7 Å². The summed E-state index contributed by atoms with van der Waals surface area (Å²) in [5.41, 5.74) is 0. The molecule has 0 atom stereocenters. The van der Waals surface area contributed by atoms with E-state index >= 15 is 0 Å². The minimum absolute atomic E-state index is 0.158. The summed E-state index contributed by atoms with van der Waals surface area (Å²) < 4.78 is 6.98. The Morgan fingerprint density at radius 1 is 1.55 bits per heavy atom. The van der Waals surface area contributed by atoms with E-state index in [1.165, 1.54) is 0 Å². The lowest BCUT2D eigenvalue weighted by atomic mass is 10.2. The fourth-order valence-corrected chi connectivity index (χ4v) is 2.22. The van der Waals surface area contributed by atoms with E-state index in [1.807, 2.05) is 11.6 Å². The second-order valence-electron chi connectivity index (χ2n) is 5.69. The molecule has 0 bridgehead atoms. The predicted molar refractivity (Wildman–Crippen MR) is 74.9 cm³/mol. The zero-order valence-electron chi connectivity index (χ0n) is 12.6. The van der Waals surface area contributed by atoms with Crippen LogP contribution in [0.2, 0.25) is 0 Å². The first kappa shape index (κ1) is 15.0. The first-order valence-electron chi connectivity index (χ1n) is 7.36. The fourth-order valence-electron chi connectivity index (χ4n) is 2.22. The summed E-state index contributed by atoms with van der Waals surface area (Å²) in [5, 5.41) is 4.27. The Hall–Kier alpha value is -1.43. The van der Waals surface area contributed by atoms with Crippen LogP contribution in [0.15, 0.2) is 6.33 Å². The van der Waals surface area contributed by atoms with Gasteiger partial charge in [-0.25, -0.2) is 9.67 Å². The maximum absolute atomic E-state index is 11.7. The molecule has 0 aromatic carbocycles. The van der Waals surface area contributed by atoms with Gasteiger partial charge >= 0.3 is 5.97 Å². The highest BCUT2D eigenvalue weighted by Crippen LogP contribution is 2.27. The van der Waals surface area contributed by atoms with Crippen molar-refractivity contribution in [2.24, 2.45) is 5.92 Å². The molecule has 0 aliphatic heterocycles. The molecular weight excluding hydrogens is 256 g/mol. The van der Waals surface area contributed by atoms with Crippen molar-refractivity contribution in [3.8, 4) is 0 Å². The van der Waals surface area contributed by atoms with Crippen LogP contribution in [0, 0.1) is 5.92 Å². The highest BCUT2D eigenvalue weighted by molar-refractivity contribution is 5.71. The third-order valence-electron chi connectivity index (χ3n) is 3.28. The monoisotopic (exact) mass is 280 g/mol. The Morgan fingerprint density at radius 3 is 2.90 bits per heavy atom. The average molecular weight is 280 g/mol. The first-order valence-corrected chi connectivity index (χ1v) is 7.36. The van der Waals surface area contributed by atoms with Crippen LogP contribution in [-0.2, 0) is 22.6 Å². The molecule has 1 heterocycles. The fraction of sp³-hybridized carbons (Fsp3) is 0.786. The molecule has 1 aliphatic rings. The van der Waals surface area contributed by atoms with Crippen LogP contribution in [0.25, 0.3) is 0 Å². The molecule has 0 amide bonds. The molecule has 1 fully saturated rings. The highest BCUT2D eigenvalue weighted by Gasteiger charge is 2.31. The van der Waals surface area contributed by atoms with Crippen molar-refractivity contribution < 1.29 is 9.53 Å². The molecule has 0 N–H and O–H groups in total. The molecule has 112 valence electrons. The van der Waals surface area contributed by atoms with Gasteiger partial charge in [0.2, 0.25) is 0 Å². The molecule has 1 aromatic heterocycles. The molecule has 1 aromatic rings. The van der Waals surface area contributed by atoms with Crippen LogP contribution in [-0.4, -0.2) is 44.8 Å². The number of nitrogens with zero attached hydrogens (tertiary/aromatic N) is 4. The largest absolute Gasteiger partial charge is 0.465 e. The molecule has 1 saturated carbocycles. The predicted octanol–water partition coefficient (Wildman–Crippen LogP) is 1.46. The third kappa shape index (κ3) is 4.30. The maximum atomic E-state index is 11.7. The minimum Gasteiger partial charge on any atom is -0.465 e. The van der Waals surface area contributed by atoms with Gasteiger partial charge in [-0.3, -0.25) is 9.69 Å². The number of hydrogen-bond acceptors (Lipinski definition) is 5. The lowest BCUT2D eigenvalue weighted by molar-refractivity contribution is -0.144. The minimum atomic E-state index is -0.158. The molecule has 20 heavy (non-hydrogen) atoms. The summed E-state index contributed by atoms with van der Waals surface area (Å²) in [6.45, 7) is 8.43. The van der Waals surface area contributed by atoms with Gasteiger partial charge in [0, 0.05) is 12.6 Å². The zero-order valence-corrected chi connectivity index (χ0v) is 12.6. The summed E-state index contributed by atoms with van der Waals surface area (Å²) in [7, 11) is 0. The average Bonchev–Trinajstić information content (AvgIpc) is 3.13. The molecule has 0 saturated heterocycles. The lowest BCUT2D eigenvalue weighted by Crippen LogP contribution is -2.33. The van der Waals surface area contributed by atoms with Gasteiger partial charge in [-0.15, -0.1) is 0 Å². The van der Waals surface area contributed by atoms with E-state index in [0.29, 0.717) is 31.7 Å². The Bertz CT molecular complexity index is 440. The first-order chi connectivity index (χ1) is 9.60. The van der Waals surface area contributed by atoms with E-state index in [2.05, 4.69) is 28.8 Å². The number of hydrogen-bond donors (Lipinski definition) is 0. The van der Waals surface area contributed by atoms with E-state index in [9.17, 15) is 4.79 Å². The number of carbonyl (C=O) groups is 1. The summed E-state index contributed by atoms with van der Waals surface area (Å²) >= 11 is 0. The Morgan fingerprint density at radius 2 is 2.30 bits per heavy atom. The van der Waals surface area contributed by atoms with Gasteiger partial charge in [0.15, 0.2) is 0 Å². The molecule has 0 spiro atoms. The van der Waals surface area contributed by atoms with Crippen LogP contribution in [0.3, 0.4) is 0 Å². The molecule has 6 heteroatoms. The van der Waals surface area contributed by atoms with E-state index in [4.69, 9.17) is 4.74 Å². The zero-order chi connectivity index (χ0) is 14.5. The van der Waals surface area contributed by atoms with E-state index in [0.717, 1.165) is 25.2 Å². The van der Waals surface area contributed by atoms with Crippen LogP contribution in [0.4, 0.5) is 0 Å². The SMILES string of the molecule is CCOC(=O)CN(Cc1ncnn1CC(C)C)C1CC1. The van der Waals surface area contributed by atoms with E-state index in [-0.39, 0.29) is 5.97 Å². The summed E-state index contributed by atoms with van der Waals surface area (Å²) in [6, 6.07) is 0.489. The molecule has 0 unspecified atom stereocenters. The van der Waals surface area contributed by atoms with Crippen LogP contribution >= 0.6 is 0 Å². The number of carbonyl (C=O) groups excluding carboxylic acids is 1. The van der Waals surface area contributed by atoms with Gasteiger partial charge in [0.25, 0.3) is 0 Å². The Kier molecular flexibility index (Phi) is 5.11. The Balaban J connectivity index is 1.97. The van der Waals surface area contributed by atoms with Crippen molar-refractivity contribution in [2.75, 3.05) is 13.2 Å². The molecule has 2 rings (SSSR count). The standard InChI is InChI=1S/C14H24N4O2/c1-4-20-14(19)9-17(12-5-6-12)8-13-15-10-16-18(13)7-11(2)3/h10-12H,4-9H2,1-3H3. The number of ether oxygens (including phenoxy) is 1. The van der Waals surface area contributed by atoms with Gasteiger partial charge in [-0.1, -0.05) is 13.8 Å². The topological polar surface area (TPSA) is 60.2 Å². The van der Waals surface area contributed by atoms with Gasteiger partial charge in [-0.2, -0.15) is 5.10 Å². The van der Waals surface area contributed by atoms with Crippen molar-refractivity contribution in [1.82, 2.24) is 19.7 Å². The van der Waals surface area contributed by atoms with Gasteiger partial charge in [0.1, 0.15) is 12.2 Å². The number of rotatable bonds is 8. The smallest absolute Gasteiger partial charge is 0.320 e. The van der Waals surface area contributed by atoms with Gasteiger partial charge in [-0.05, 0) is 25.7 Å². The van der Waals surface area contributed by atoms with E-state index < -0.39 is 0 Å². The lowest BCUT2D eigenvalue weighted by Gasteiger charge is -2.20. The summed E-state index contributed by atoms with van der Waals surface area (Å²) in [4.78, 5) is 18.2. The van der Waals surface area contributed by atoms with Gasteiger partial charge < -0.3 is 4.74 Å². The maximum Gasteiger partial charge on any atom is 0.320 e. The quantitative estimate of drug-likeness (QED) is 0.675. The van der Waals surface area contributed by atoms with Crippen molar-refractivity contribution in [3.63, 3.8) is 0 Å². The number of esters is 1. The van der Waals surface area contributed by atoms with Crippen LogP contribution in [0.5, 0.6) is 0 Å². The van der Waals surface area contributed by atoms with Crippen molar-refractivity contribution in [3.05, 3.63) is 12.2 Å². The van der Waals surface area contributed by atoms with Crippen molar-refractivity contribution >= 4 is 5.97 Å². The summed E-state index contributed by atoms with van der Waals surface area (Å²) in [6.07, 6.45) is 3.89. The molecule has 0 radical (unpaired) electrons. The Labute approximate surface area is 120 Å². The molecule has 1 aliphatic carbocycles.